The second-order valence-corrected chi connectivity index (χ2v) is 11.3. The van der Waals surface area contributed by atoms with Gasteiger partial charge in [0.15, 0.2) is 0 Å². The van der Waals surface area contributed by atoms with Crippen LogP contribution in [0.2, 0.25) is 0 Å². The molecule has 0 atom stereocenters. The highest BCUT2D eigenvalue weighted by molar-refractivity contribution is 7.89. The summed E-state index contributed by atoms with van der Waals surface area (Å²) >= 11 is 0. The van der Waals surface area contributed by atoms with Crippen LogP contribution in [-0.4, -0.2) is 35.6 Å². The first-order chi connectivity index (χ1) is 17.8. The molecule has 2 heterocycles. The molecule has 38 heavy (non-hydrogen) atoms. The van der Waals surface area contributed by atoms with E-state index in [0.717, 1.165) is 23.3 Å². The minimum atomic E-state index is -4.41. The monoisotopic (exact) mass is 541 g/mol. The number of alkyl halides is 3. The van der Waals surface area contributed by atoms with Crippen molar-refractivity contribution in [1.29, 1.82) is 0 Å². The number of aliphatic hydroxyl groups excluding tert-OH is 1. The summed E-state index contributed by atoms with van der Waals surface area (Å²) in [6.07, 6.45) is -1.62. The fourth-order valence-electron chi connectivity index (χ4n) is 3.87. The summed E-state index contributed by atoms with van der Waals surface area (Å²) in [5, 5.41) is 9.44. The van der Waals surface area contributed by atoms with E-state index in [-0.39, 0.29) is 11.5 Å². The third-order valence-corrected chi connectivity index (χ3v) is 7.49. The molecule has 0 aliphatic carbocycles. The predicted octanol–water partition coefficient (Wildman–Crippen LogP) is 5.85. The van der Waals surface area contributed by atoms with Crippen molar-refractivity contribution in [2.24, 2.45) is 0 Å². The molecular weight excluding hydrogens is 515 g/mol. The molecule has 2 aromatic heterocycles. The fourth-order valence-corrected chi connectivity index (χ4v) is 5.26. The van der Waals surface area contributed by atoms with Crippen LogP contribution in [0.1, 0.15) is 25.1 Å². The molecule has 0 unspecified atom stereocenters. The average molecular weight is 542 g/mol. The molecular formula is C28H26F3N3O3S. The third-order valence-electron chi connectivity index (χ3n) is 5.82. The van der Waals surface area contributed by atoms with E-state index in [1.165, 1.54) is 24.4 Å². The van der Waals surface area contributed by atoms with Gasteiger partial charge in [-0.15, -0.1) is 0 Å². The lowest BCUT2D eigenvalue weighted by Crippen LogP contribution is -2.46. The number of sulfonamides is 1. The highest BCUT2D eigenvalue weighted by Crippen LogP contribution is 2.33. The van der Waals surface area contributed by atoms with Gasteiger partial charge in [-0.25, -0.2) is 13.1 Å². The third kappa shape index (κ3) is 6.27. The van der Waals surface area contributed by atoms with Crippen molar-refractivity contribution in [3.8, 4) is 33.5 Å². The Labute approximate surface area is 219 Å². The molecule has 10 heteroatoms. The van der Waals surface area contributed by atoms with Crippen LogP contribution >= 0.6 is 0 Å². The number of benzene rings is 2. The Morgan fingerprint density at radius 3 is 2.18 bits per heavy atom. The van der Waals surface area contributed by atoms with Crippen LogP contribution in [0, 0.1) is 6.92 Å². The average Bonchev–Trinajstić information content (AvgIpc) is 2.87. The number of aryl methyl sites for hydroxylation is 1. The predicted molar refractivity (Wildman–Crippen MR) is 140 cm³/mol. The van der Waals surface area contributed by atoms with Crippen LogP contribution in [0.25, 0.3) is 33.5 Å². The number of aromatic nitrogens is 2. The standard InChI is InChI=1S/C28H26F3N3O3S/c1-18-11-22(19-7-9-24(10-8-19)28(29,30)31)14-26(33-18)21-6-4-5-20(12-21)23-13-25(16-32-15-23)38(36,37)34-27(2,3)17-35/h4-16,34-35H,17H2,1-3H3. The molecule has 0 amide bonds. The first-order valence-electron chi connectivity index (χ1n) is 11.6. The highest BCUT2D eigenvalue weighted by Gasteiger charge is 2.30. The normalized spacial score (nSPS) is 12.5. The Kier molecular flexibility index (Phi) is 7.42. The summed E-state index contributed by atoms with van der Waals surface area (Å²) in [4.78, 5) is 8.66. The van der Waals surface area contributed by atoms with Crippen LogP contribution in [0.15, 0.2) is 84.0 Å². The quantitative estimate of drug-likeness (QED) is 0.306. The van der Waals surface area contributed by atoms with E-state index in [4.69, 9.17) is 0 Å². The number of aliphatic hydroxyl groups is 1. The number of rotatable bonds is 7. The van der Waals surface area contributed by atoms with Crippen LogP contribution in [-0.2, 0) is 16.2 Å². The van der Waals surface area contributed by atoms with E-state index < -0.39 is 27.3 Å². The van der Waals surface area contributed by atoms with Gasteiger partial charge in [0.05, 0.1) is 23.4 Å². The molecule has 4 rings (SSSR count). The molecule has 198 valence electrons. The Morgan fingerprint density at radius 2 is 1.53 bits per heavy atom. The van der Waals surface area contributed by atoms with Gasteiger partial charge in [0, 0.05) is 29.2 Å². The van der Waals surface area contributed by atoms with Crippen molar-refractivity contribution in [2.45, 2.75) is 37.4 Å². The maximum Gasteiger partial charge on any atom is 0.416 e. The molecule has 0 saturated carbocycles. The zero-order valence-electron chi connectivity index (χ0n) is 20.9. The lowest BCUT2D eigenvalue weighted by Gasteiger charge is -2.23. The SMILES string of the molecule is Cc1cc(-c2ccc(C(F)(F)F)cc2)cc(-c2cccc(-c3cncc(S(=O)(=O)NC(C)(C)CO)c3)c2)n1. The first kappa shape index (κ1) is 27.4. The van der Waals surface area contributed by atoms with Gasteiger partial charge in [0.25, 0.3) is 0 Å². The molecule has 0 spiro atoms. The smallest absolute Gasteiger partial charge is 0.394 e. The van der Waals surface area contributed by atoms with Crippen LogP contribution in [0.5, 0.6) is 0 Å². The van der Waals surface area contributed by atoms with Gasteiger partial charge >= 0.3 is 6.18 Å². The van der Waals surface area contributed by atoms with E-state index in [2.05, 4.69) is 14.7 Å². The molecule has 0 aliphatic heterocycles. The van der Waals surface area contributed by atoms with Gasteiger partial charge in [0.2, 0.25) is 10.0 Å². The Bertz CT molecular complexity index is 1570. The number of nitrogens with zero attached hydrogens (tertiary/aromatic N) is 2. The second kappa shape index (κ2) is 10.3. The minimum absolute atomic E-state index is 0.0415. The number of pyridine rings is 2. The zero-order chi connectivity index (χ0) is 27.7. The second-order valence-electron chi connectivity index (χ2n) is 9.60. The van der Waals surface area contributed by atoms with Crippen molar-refractivity contribution >= 4 is 10.0 Å². The van der Waals surface area contributed by atoms with E-state index >= 15 is 0 Å². The maximum absolute atomic E-state index is 13.0. The number of nitrogens with one attached hydrogen (secondary N) is 1. The molecule has 0 radical (unpaired) electrons. The van der Waals surface area contributed by atoms with E-state index in [1.54, 1.807) is 45.2 Å². The van der Waals surface area contributed by atoms with Crippen LogP contribution in [0.3, 0.4) is 0 Å². The van der Waals surface area contributed by atoms with E-state index in [9.17, 15) is 26.7 Å². The van der Waals surface area contributed by atoms with Crippen molar-refractivity contribution in [3.63, 3.8) is 0 Å². The first-order valence-corrected chi connectivity index (χ1v) is 13.1. The summed E-state index contributed by atoms with van der Waals surface area (Å²) in [6.45, 7) is 4.57. The molecule has 0 bridgehead atoms. The van der Waals surface area contributed by atoms with Crippen LogP contribution < -0.4 is 4.72 Å². The molecule has 0 aliphatic rings. The molecule has 0 fully saturated rings. The van der Waals surface area contributed by atoms with Gasteiger partial charge in [0.1, 0.15) is 4.90 Å². The van der Waals surface area contributed by atoms with Crippen LogP contribution in [0.4, 0.5) is 13.2 Å². The Morgan fingerprint density at radius 1 is 0.842 bits per heavy atom. The maximum atomic E-state index is 13.0. The van der Waals surface area contributed by atoms with Gasteiger partial charge in [-0.2, -0.15) is 13.2 Å². The Balaban J connectivity index is 1.69. The van der Waals surface area contributed by atoms with E-state index in [0.29, 0.717) is 28.1 Å². The summed E-state index contributed by atoms with van der Waals surface area (Å²) in [5.41, 5.74) is 2.90. The number of hydrogen-bond donors (Lipinski definition) is 2. The Hall–Kier alpha value is -3.60. The lowest BCUT2D eigenvalue weighted by molar-refractivity contribution is -0.137. The fraction of sp³-hybridized carbons (Fsp3) is 0.214. The molecule has 6 nitrogen and oxygen atoms in total. The largest absolute Gasteiger partial charge is 0.416 e. The van der Waals surface area contributed by atoms with Crippen molar-refractivity contribution in [1.82, 2.24) is 14.7 Å². The van der Waals surface area contributed by atoms with Gasteiger partial charge in [-0.3, -0.25) is 9.97 Å². The van der Waals surface area contributed by atoms with Crippen molar-refractivity contribution in [2.75, 3.05) is 6.61 Å². The highest BCUT2D eigenvalue weighted by atomic mass is 32.2. The zero-order valence-corrected chi connectivity index (χ0v) is 21.7. The lowest BCUT2D eigenvalue weighted by atomic mass is 9.99. The molecule has 4 aromatic rings. The topological polar surface area (TPSA) is 92.2 Å². The minimum Gasteiger partial charge on any atom is -0.394 e. The summed E-state index contributed by atoms with van der Waals surface area (Å²) in [7, 11) is -3.93. The number of halogens is 3. The van der Waals surface area contributed by atoms with Gasteiger partial charge in [-0.05, 0) is 73.9 Å². The summed E-state index contributed by atoms with van der Waals surface area (Å²) < 4.78 is 67.0. The van der Waals surface area contributed by atoms with Gasteiger partial charge in [-0.1, -0.05) is 30.3 Å². The molecule has 2 aromatic carbocycles. The summed E-state index contributed by atoms with van der Waals surface area (Å²) in [5.74, 6) is 0. The summed E-state index contributed by atoms with van der Waals surface area (Å²) in [6, 6.07) is 17.4. The van der Waals surface area contributed by atoms with Crippen molar-refractivity contribution < 1.29 is 26.7 Å². The van der Waals surface area contributed by atoms with E-state index in [1.807, 2.05) is 18.2 Å². The van der Waals surface area contributed by atoms with Crippen molar-refractivity contribution in [3.05, 3.63) is 90.4 Å². The van der Waals surface area contributed by atoms with Gasteiger partial charge < -0.3 is 5.11 Å². The molecule has 0 saturated heterocycles. The number of hydrogen-bond acceptors (Lipinski definition) is 5. The molecule has 2 N–H and O–H groups in total.